The zero-order valence-electron chi connectivity index (χ0n) is 19.2. The van der Waals surface area contributed by atoms with Crippen molar-refractivity contribution in [2.24, 2.45) is 0 Å². The maximum absolute atomic E-state index is 11.8. The molecule has 0 heterocycles. The van der Waals surface area contributed by atoms with E-state index in [4.69, 9.17) is 53.8 Å². The third kappa shape index (κ3) is 6.31. The molecule has 2 aromatic rings. The normalized spacial score (nSPS) is 10.8. The number of hydrogen-bond acceptors (Lipinski definition) is 6. The van der Waals surface area contributed by atoms with Crippen LogP contribution in [-0.4, -0.2) is 39.0 Å². The van der Waals surface area contributed by atoms with Gasteiger partial charge < -0.3 is 24.1 Å². The average molecular weight is 520 g/mol. The number of phenols is 1. The number of unbranched alkanes of at least 4 members (excludes halogenated alkanes) is 2. The fraction of sp³-hybridized carbons (Fsp3) is 0.458. The molecule has 0 bridgehead atoms. The van der Waals surface area contributed by atoms with Crippen LogP contribution in [0.15, 0.2) is 12.1 Å². The van der Waals surface area contributed by atoms with Gasteiger partial charge in [0.05, 0.1) is 38.0 Å². The molecule has 0 aromatic heterocycles. The molecule has 6 nitrogen and oxygen atoms in total. The van der Waals surface area contributed by atoms with Gasteiger partial charge in [0.1, 0.15) is 22.1 Å². The summed E-state index contributed by atoms with van der Waals surface area (Å²) in [4.78, 5) is 11.8. The molecule has 0 radical (unpaired) electrons. The predicted molar refractivity (Wildman–Crippen MR) is 131 cm³/mol. The first kappa shape index (κ1) is 27.2. The van der Waals surface area contributed by atoms with Crippen LogP contribution >= 0.6 is 34.8 Å². The van der Waals surface area contributed by atoms with Gasteiger partial charge in [0.15, 0.2) is 11.5 Å². The molecule has 0 amide bonds. The fourth-order valence-corrected chi connectivity index (χ4v) is 4.35. The molecule has 2 aromatic carbocycles. The van der Waals surface area contributed by atoms with E-state index in [1.807, 2.05) is 6.92 Å². The van der Waals surface area contributed by atoms with Crippen molar-refractivity contribution in [2.45, 2.75) is 45.4 Å². The monoisotopic (exact) mass is 518 g/mol. The van der Waals surface area contributed by atoms with Crippen molar-refractivity contribution in [3.05, 3.63) is 43.9 Å². The number of methoxy groups -OCH3 is 3. The van der Waals surface area contributed by atoms with Crippen molar-refractivity contribution >= 4 is 40.8 Å². The summed E-state index contributed by atoms with van der Waals surface area (Å²) >= 11 is 18.9. The number of carbonyl (C=O) groups is 1. The summed E-state index contributed by atoms with van der Waals surface area (Å²) in [5, 5.41) is 11.3. The van der Waals surface area contributed by atoms with Gasteiger partial charge in [-0.3, -0.25) is 0 Å². The highest BCUT2D eigenvalue weighted by molar-refractivity contribution is 6.49. The summed E-state index contributed by atoms with van der Waals surface area (Å²) in [5.41, 5.74) is 1.50. The molecule has 0 atom stereocenters. The Bertz CT molecular complexity index is 978. The quantitative estimate of drug-likeness (QED) is 0.187. The molecule has 1 N–H and O–H groups in total. The van der Waals surface area contributed by atoms with Gasteiger partial charge in [0.25, 0.3) is 0 Å². The number of halogens is 3. The zero-order valence-corrected chi connectivity index (χ0v) is 21.5. The predicted octanol–water partition coefficient (Wildman–Crippen LogP) is 6.90. The van der Waals surface area contributed by atoms with E-state index < -0.39 is 5.97 Å². The summed E-state index contributed by atoms with van der Waals surface area (Å²) in [6.45, 7) is 2.45. The van der Waals surface area contributed by atoms with Crippen LogP contribution in [-0.2, 0) is 17.6 Å². The minimum absolute atomic E-state index is 0.0866. The number of esters is 1. The molecule has 0 aliphatic carbocycles. The lowest BCUT2D eigenvalue weighted by Gasteiger charge is -2.17. The van der Waals surface area contributed by atoms with Gasteiger partial charge in [-0.05, 0) is 44.2 Å². The summed E-state index contributed by atoms with van der Waals surface area (Å²) < 4.78 is 21.4. The van der Waals surface area contributed by atoms with Crippen molar-refractivity contribution < 1.29 is 28.8 Å². The first-order chi connectivity index (χ1) is 15.8. The van der Waals surface area contributed by atoms with Crippen molar-refractivity contribution in [1.29, 1.82) is 0 Å². The van der Waals surface area contributed by atoms with Crippen LogP contribution in [0.5, 0.6) is 23.0 Å². The highest BCUT2D eigenvalue weighted by Gasteiger charge is 2.23. The van der Waals surface area contributed by atoms with E-state index in [0.717, 1.165) is 31.2 Å². The van der Waals surface area contributed by atoms with Crippen molar-refractivity contribution in [3.8, 4) is 23.0 Å². The Labute approximate surface area is 209 Å². The smallest absolute Gasteiger partial charge is 0.341 e. The summed E-state index contributed by atoms with van der Waals surface area (Å²) in [5.74, 6) is 0.756. The minimum Gasteiger partial charge on any atom is -0.507 e. The lowest BCUT2D eigenvalue weighted by molar-refractivity contribution is 0.0597. The van der Waals surface area contributed by atoms with E-state index in [9.17, 15) is 9.90 Å². The van der Waals surface area contributed by atoms with E-state index in [-0.39, 0.29) is 21.4 Å². The Balaban J connectivity index is 1.99. The third-order valence-electron chi connectivity index (χ3n) is 5.21. The molecule has 0 saturated carbocycles. The molecule has 0 saturated heterocycles. The van der Waals surface area contributed by atoms with Gasteiger partial charge in [0, 0.05) is 11.1 Å². The molecular weight excluding hydrogens is 491 g/mol. The summed E-state index contributed by atoms with van der Waals surface area (Å²) in [6, 6.07) is 3.21. The van der Waals surface area contributed by atoms with Crippen LogP contribution in [0.25, 0.3) is 0 Å². The van der Waals surface area contributed by atoms with E-state index in [2.05, 4.69) is 0 Å². The number of rotatable bonds is 12. The molecule has 0 aliphatic rings. The van der Waals surface area contributed by atoms with Gasteiger partial charge in [-0.25, -0.2) is 4.79 Å². The number of carbonyl (C=O) groups excluding carboxylic acids is 1. The Morgan fingerprint density at radius 2 is 1.58 bits per heavy atom. The molecule has 0 spiro atoms. The lowest BCUT2D eigenvalue weighted by Crippen LogP contribution is -2.06. The third-order valence-corrected chi connectivity index (χ3v) is 6.56. The van der Waals surface area contributed by atoms with Gasteiger partial charge in [-0.15, -0.1) is 0 Å². The first-order valence-electron chi connectivity index (χ1n) is 10.6. The van der Waals surface area contributed by atoms with Crippen LogP contribution < -0.4 is 14.2 Å². The van der Waals surface area contributed by atoms with Gasteiger partial charge in [-0.1, -0.05) is 48.1 Å². The molecule has 0 unspecified atom stereocenters. The van der Waals surface area contributed by atoms with Gasteiger partial charge in [0.2, 0.25) is 0 Å². The van der Waals surface area contributed by atoms with Crippen molar-refractivity contribution in [1.82, 2.24) is 0 Å². The van der Waals surface area contributed by atoms with Crippen LogP contribution in [0, 0.1) is 0 Å². The fourth-order valence-electron chi connectivity index (χ4n) is 3.57. The molecule has 0 fully saturated rings. The average Bonchev–Trinajstić information content (AvgIpc) is 2.82. The van der Waals surface area contributed by atoms with E-state index >= 15 is 0 Å². The van der Waals surface area contributed by atoms with E-state index in [1.165, 1.54) is 27.4 Å². The largest absolute Gasteiger partial charge is 0.507 e. The highest BCUT2D eigenvalue weighted by atomic mass is 35.5. The summed E-state index contributed by atoms with van der Waals surface area (Å²) in [7, 11) is 4.31. The second kappa shape index (κ2) is 13.0. The standard InChI is InChI=1S/C24H29Cl3O6/c1-5-9-14-17(12-11-16(21(14)28)24(29)32-4)33-13-8-6-7-10-15-18(25)19(26)20(27)23(31-3)22(15)30-2/h11-12,28H,5-10,13H2,1-4H3. The van der Waals surface area contributed by atoms with Crippen LogP contribution in [0.1, 0.15) is 54.1 Å². The topological polar surface area (TPSA) is 74.2 Å². The number of hydrogen-bond donors (Lipinski definition) is 1. The van der Waals surface area contributed by atoms with Crippen LogP contribution in [0.2, 0.25) is 15.1 Å². The van der Waals surface area contributed by atoms with Crippen molar-refractivity contribution in [3.63, 3.8) is 0 Å². The van der Waals surface area contributed by atoms with Gasteiger partial charge >= 0.3 is 5.97 Å². The molecular formula is C24H29Cl3O6. The zero-order chi connectivity index (χ0) is 24.5. The lowest BCUT2D eigenvalue weighted by atomic mass is 10.0. The molecule has 0 aliphatic heterocycles. The summed E-state index contributed by atoms with van der Waals surface area (Å²) in [6.07, 6.45) is 4.47. The second-order valence-corrected chi connectivity index (χ2v) is 8.46. The number of aromatic hydroxyl groups is 1. The van der Waals surface area contributed by atoms with E-state index in [1.54, 1.807) is 6.07 Å². The maximum atomic E-state index is 11.8. The van der Waals surface area contributed by atoms with Crippen LogP contribution in [0.4, 0.5) is 0 Å². The first-order valence-corrected chi connectivity index (χ1v) is 11.8. The van der Waals surface area contributed by atoms with Crippen LogP contribution in [0.3, 0.4) is 0 Å². The van der Waals surface area contributed by atoms with Crippen molar-refractivity contribution in [2.75, 3.05) is 27.9 Å². The minimum atomic E-state index is -0.579. The molecule has 2 rings (SSSR count). The Kier molecular flexibility index (Phi) is 10.7. The SMILES string of the molecule is CCCc1c(OCCCCCc2c(Cl)c(Cl)c(Cl)c(OC)c2OC)ccc(C(=O)OC)c1O. The number of phenolic OH excluding ortho intramolecular Hbond substituents is 1. The Hall–Kier alpha value is -2.02. The molecule has 33 heavy (non-hydrogen) atoms. The highest BCUT2D eigenvalue weighted by Crippen LogP contribution is 2.48. The van der Waals surface area contributed by atoms with Gasteiger partial charge in [-0.2, -0.15) is 0 Å². The second-order valence-electron chi connectivity index (χ2n) is 7.33. The number of benzene rings is 2. The Morgan fingerprint density at radius 3 is 2.18 bits per heavy atom. The maximum Gasteiger partial charge on any atom is 0.341 e. The molecule has 9 heteroatoms. The van der Waals surface area contributed by atoms with E-state index in [0.29, 0.717) is 47.3 Å². The molecule has 182 valence electrons. The number of ether oxygens (including phenoxy) is 4. The Morgan fingerprint density at radius 1 is 0.879 bits per heavy atom.